The number of hydrogen-bond donors (Lipinski definition) is 1. The third kappa shape index (κ3) is 3.21. The van der Waals surface area contributed by atoms with Crippen molar-refractivity contribution in [3.63, 3.8) is 0 Å². The molecule has 0 saturated carbocycles. The quantitative estimate of drug-likeness (QED) is 0.919. The van der Waals surface area contributed by atoms with E-state index in [-0.39, 0.29) is 5.91 Å². The number of nitrogens with two attached hydrogens (primary N) is 1. The molecule has 5 nitrogen and oxygen atoms in total. The SMILES string of the molecule is COc1ccc(C2CCN(C(=O)C3(CN)CCOCC3)C2)cc1. The van der Waals surface area contributed by atoms with E-state index in [1.807, 2.05) is 17.0 Å². The minimum atomic E-state index is -0.410. The fourth-order valence-corrected chi connectivity index (χ4v) is 3.70. The maximum absolute atomic E-state index is 13.0. The van der Waals surface area contributed by atoms with Gasteiger partial charge in [0, 0.05) is 38.8 Å². The Morgan fingerprint density at radius 1 is 1.35 bits per heavy atom. The van der Waals surface area contributed by atoms with Crippen LogP contribution in [0.3, 0.4) is 0 Å². The van der Waals surface area contributed by atoms with Gasteiger partial charge in [0.2, 0.25) is 5.91 Å². The summed E-state index contributed by atoms with van der Waals surface area (Å²) in [6.45, 7) is 3.29. The molecule has 0 bridgehead atoms. The van der Waals surface area contributed by atoms with E-state index in [0.29, 0.717) is 25.7 Å². The first-order valence-corrected chi connectivity index (χ1v) is 8.40. The average molecular weight is 318 g/mol. The van der Waals surface area contributed by atoms with Crippen molar-refractivity contribution in [2.24, 2.45) is 11.1 Å². The van der Waals surface area contributed by atoms with Gasteiger partial charge in [-0.05, 0) is 37.0 Å². The Kier molecular flexibility index (Phi) is 4.87. The maximum atomic E-state index is 13.0. The van der Waals surface area contributed by atoms with Crippen molar-refractivity contribution in [2.45, 2.75) is 25.2 Å². The molecule has 2 aliphatic rings. The summed E-state index contributed by atoms with van der Waals surface area (Å²) in [6.07, 6.45) is 2.49. The van der Waals surface area contributed by atoms with Crippen LogP contribution in [0.4, 0.5) is 0 Å². The Labute approximate surface area is 137 Å². The molecule has 1 aromatic rings. The molecule has 3 rings (SSSR count). The molecular formula is C18H26N2O3. The second-order valence-electron chi connectivity index (χ2n) is 6.61. The number of amides is 1. The summed E-state index contributed by atoms with van der Waals surface area (Å²) < 4.78 is 10.6. The van der Waals surface area contributed by atoms with Crippen LogP contribution in [0.25, 0.3) is 0 Å². The molecular weight excluding hydrogens is 292 g/mol. The molecule has 2 heterocycles. The van der Waals surface area contributed by atoms with E-state index in [2.05, 4.69) is 12.1 Å². The predicted octanol–water partition coefficient (Wildman–Crippen LogP) is 1.77. The molecule has 2 aliphatic heterocycles. The lowest BCUT2D eigenvalue weighted by Gasteiger charge is -2.37. The normalized spacial score (nSPS) is 23.7. The van der Waals surface area contributed by atoms with Gasteiger partial charge in [-0.25, -0.2) is 0 Å². The standard InChI is InChI=1S/C18H26N2O3/c1-22-16-4-2-14(3-5-16)15-6-9-20(12-15)17(21)18(13-19)7-10-23-11-8-18/h2-5,15H,6-13,19H2,1H3. The molecule has 0 spiro atoms. The second-order valence-corrected chi connectivity index (χ2v) is 6.61. The van der Waals surface area contributed by atoms with Crippen LogP contribution in [0.1, 0.15) is 30.7 Å². The van der Waals surface area contributed by atoms with E-state index in [0.717, 1.165) is 38.1 Å². The van der Waals surface area contributed by atoms with Gasteiger partial charge in [0.1, 0.15) is 5.75 Å². The van der Waals surface area contributed by atoms with Crippen LogP contribution < -0.4 is 10.5 Å². The average Bonchev–Trinajstić information content (AvgIpc) is 3.11. The van der Waals surface area contributed by atoms with E-state index in [1.165, 1.54) is 5.56 Å². The number of nitrogens with zero attached hydrogens (tertiary/aromatic N) is 1. The highest BCUT2D eigenvalue weighted by Crippen LogP contribution is 2.35. The Bertz CT molecular complexity index is 538. The molecule has 2 saturated heterocycles. The lowest BCUT2D eigenvalue weighted by molar-refractivity contribution is -0.146. The van der Waals surface area contributed by atoms with Crippen molar-refractivity contribution in [1.82, 2.24) is 4.90 Å². The van der Waals surface area contributed by atoms with Crippen LogP contribution >= 0.6 is 0 Å². The minimum Gasteiger partial charge on any atom is -0.497 e. The molecule has 5 heteroatoms. The molecule has 0 aliphatic carbocycles. The Morgan fingerprint density at radius 2 is 2.04 bits per heavy atom. The molecule has 1 amide bonds. The number of methoxy groups -OCH3 is 1. The van der Waals surface area contributed by atoms with E-state index in [4.69, 9.17) is 15.2 Å². The summed E-state index contributed by atoms with van der Waals surface area (Å²) in [4.78, 5) is 15.0. The Balaban J connectivity index is 1.67. The smallest absolute Gasteiger partial charge is 0.230 e. The lowest BCUT2D eigenvalue weighted by Crippen LogP contribution is -2.50. The van der Waals surface area contributed by atoms with Crippen molar-refractivity contribution in [3.05, 3.63) is 29.8 Å². The molecule has 0 radical (unpaired) electrons. The summed E-state index contributed by atoms with van der Waals surface area (Å²) >= 11 is 0. The Morgan fingerprint density at radius 3 is 2.65 bits per heavy atom. The van der Waals surface area contributed by atoms with Crippen LogP contribution in [0.5, 0.6) is 5.75 Å². The van der Waals surface area contributed by atoms with Crippen LogP contribution in [-0.4, -0.2) is 50.8 Å². The van der Waals surface area contributed by atoms with E-state index < -0.39 is 5.41 Å². The topological polar surface area (TPSA) is 64.8 Å². The largest absolute Gasteiger partial charge is 0.497 e. The van der Waals surface area contributed by atoms with Crippen molar-refractivity contribution >= 4 is 5.91 Å². The number of likely N-dealkylation sites (tertiary alicyclic amines) is 1. The zero-order chi connectivity index (χ0) is 16.3. The van der Waals surface area contributed by atoms with Crippen molar-refractivity contribution in [2.75, 3.05) is 40.0 Å². The van der Waals surface area contributed by atoms with Gasteiger partial charge in [-0.1, -0.05) is 12.1 Å². The summed E-state index contributed by atoms with van der Waals surface area (Å²) in [5.41, 5.74) is 6.83. The fraction of sp³-hybridized carbons (Fsp3) is 0.611. The van der Waals surface area contributed by atoms with Gasteiger partial charge in [0.25, 0.3) is 0 Å². The molecule has 1 unspecified atom stereocenters. The van der Waals surface area contributed by atoms with Gasteiger partial charge >= 0.3 is 0 Å². The first-order chi connectivity index (χ1) is 11.2. The maximum Gasteiger partial charge on any atom is 0.230 e. The monoisotopic (exact) mass is 318 g/mol. The zero-order valence-electron chi connectivity index (χ0n) is 13.8. The van der Waals surface area contributed by atoms with Crippen molar-refractivity contribution in [1.29, 1.82) is 0 Å². The second kappa shape index (κ2) is 6.89. The summed E-state index contributed by atoms with van der Waals surface area (Å²) in [7, 11) is 1.67. The minimum absolute atomic E-state index is 0.222. The predicted molar refractivity (Wildman–Crippen MR) is 88.5 cm³/mol. The van der Waals surface area contributed by atoms with Crippen LogP contribution in [0.2, 0.25) is 0 Å². The Hall–Kier alpha value is -1.59. The number of carbonyl (C=O) groups excluding carboxylic acids is 1. The first-order valence-electron chi connectivity index (χ1n) is 8.40. The molecule has 1 aromatic carbocycles. The number of benzene rings is 1. The van der Waals surface area contributed by atoms with Gasteiger partial charge < -0.3 is 20.1 Å². The van der Waals surface area contributed by atoms with Crippen LogP contribution in [0.15, 0.2) is 24.3 Å². The van der Waals surface area contributed by atoms with E-state index in [9.17, 15) is 4.79 Å². The first kappa shape index (κ1) is 16.3. The number of carbonyl (C=O) groups is 1. The zero-order valence-corrected chi connectivity index (χ0v) is 13.8. The fourth-order valence-electron chi connectivity index (χ4n) is 3.70. The van der Waals surface area contributed by atoms with Gasteiger partial charge in [0.05, 0.1) is 12.5 Å². The lowest BCUT2D eigenvalue weighted by atomic mass is 9.79. The van der Waals surface area contributed by atoms with Gasteiger partial charge in [-0.3, -0.25) is 4.79 Å². The number of ether oxygens (including phenoxy) is 2. The summed E-state index contributed by atoms with van der Waals surface area (Å²) in [5.74, 6) is 1.49. The van der Waals surface area contributed by atoms with Crippen LogP contribution in [-0.2, 0) is 9.53 Å². The molecule has 1 atom stereocenters. The van der Waals surface area contributed by atoms with Crippen molar-refractivity contribution in [3.8, 4) is 5.75 Å². The number of hydrogen-bond acceptors (Lipinski definition) is 4. The highest BCUT2D eigenvalue weighted by atomic mass is 16.5. The molecule has 126 valence electrons. The number of rotatable bonds is 4. The highest BCUT2D eigenvalue weighted by Gasteiger charge is 2.43. The molecule has 0 aromatic heterocycles. The van der Waals surface area contributed by atoms with Crippen molar-refractivity contribution < 1.29 is 14.3 Å². The van der Waals surface area contributed by atoms with Gasteiger partial charge in [-0.15, -0.1) is 0 Å². The summed E-state index contributed by atoms with van der Waals surface area (Å²) in [5, 5.41) is 0. The summed E-state index contributed by atoms with van der Waals surface area (Å²) in [6, 6.07) is 8.18. The van der Waals surface area contributed by atoms with E-state index in [1.54, 1.807) is 7.11 Å². The van der Waals surface area contributed by atoms with Gasteiger partial charge in [0.15, 0.2) is 0 Å². The third-order valence-corrected chi connectivity index (χ3v) is 5.36. The molecule has 2 N–H and O–H groups in total. The molecule has 23 heavy (non-hydrogen) atoms. The molecule has 2 fully saturated rings. The van der Waals surface area contributed by atoms with E-state index >= 15 is 0 Å². The third-order valence-electron chi connectivity index (χ3n) is 5.36. The van der Waals surface area contributed by atoms with Gasteiger partial charge in [-0.2, -0.15) is 0 Å². The van der Waals surface area contributed by atoms with Crippen LogP contribution in [0, 0.1) is 5.41 Å². The highest BCUT2D eigenvalue weighted by molar-refractivity contribution is 5.83.